The highest BCUT2D eigenvalue weighted by molar-refractivity contribution is 5.86. The molecule has 100 valence electrons. The molecule has 0 aromatic heterocycles. The van der Waals surface area contributed by atoms with E-state index in [1.807, 2.05) is 0 Å². The molecule has 0 aromatic rings. The van der Waals surface area contributed by atoms with Gasteiger partial charge in [0.25, 0.3) is 0 Å². The van der Waals surface area contributed by atoms with Gasteiger partial charge in [-0.1, -0.05) is 6.92 Å². The predicted molar refractivity (Wildman–Crippen MR) is 67.0 cm³/mol. The molecule has 4 aliphatic rings. The van der Waals surface area contributed by atoms with Crippen LogP contribution in [0.3, 0.4) is 0 Å². The summed E-state index contributed by atoms with van der Waals surface area (Å²) in [6, 6.07) is 0. The van der Waals surface area contributed by atoms with Crippen LogP contribution in [0, 0.1) is 35.5 Å². The first-order valence-electron chi connectivity index (χ1n) is 7.30. The molecule has 4 saturated carbocycles. The largest absolute Gasteiger partial charge is 0.481 e. The maximum absolute atomic E-state index is 12.4. The molecule has 0 aromatic carbocycles. The molecule has 4 aliphatic carbocycles. The lowest BCUT2D eigenvalue weighted by atomic mass is 9.51. The molecule has 0 aliphatic heterocycles. The van der Waals surface area contributed by atoms with E-state index in [2.05, 4.69) is 0 Å². The number of ketones is 1. The van der Waals surface area contributed by atoms with Crippen LogP contribution in [0.1, 0.15) is 45.4 Å². The van der Waals surface area contributed by atoms with Crippen molar-refractivity contribution in [3.05, 3.63) is 0 Å². The van der Waals surface area contributed by atoms with E-state index in [9.17, 15) is 9.59 Å². The van der Waals surface area contributed by atoms with Crippen molar-refractivity contribution in [2.75, 3.05) is 0 Å². The van der Waals surface area contributed by atoms with Crippen LogP contribution in [0.5, 0.6) is 0 Å². The van der Waals surface area contributed by atoms with Gasteiger partial charge in [0, 0.05) is 12.3 Å². The average Bonchev–Trinajstić information content (AvgIpc) is 2.26. The van der Waals surface area contributed by atoms with Gasteiger partial charge in [-0.15, -0.1) is 0 Å². The molecule has 18 heavy (non-hydrogen) atoms. The average molecular weight is 250 g/mol. The van der Waals surface area contributed by atoms with Crippen LogP contribution in [0.25, 0.3) is 0 Å². The zero-order chi connectivity index (χ0) is 12.9. The van der Waals surface area contributed by atoms with Crippen LogP contribution in [0.4, 0.5) is 0 Å². The Morgan fingerprint density at radius 1 is 1.06 bits per heavy atom. The Balaban J connectivity index is 1.69. The number of hydrogen-bond acceptors (Lipinski definition) is 2. The van der Waals surface area contributed by atoms with Crippen molar-refractivity contribution in [3.63, 3.8) is 0 Å². The molecule has 0 heterocycles. The zero-order valence-corrected chi connectivity index (χ0v) is 11.0. The van der Waals surface area contributed by atoms with Crippen LogP contribution in [-0.4, -0.2) is 16.9 Å². The van der Waals surface area contributed by atoms with Crippen LogP contribution >= 0.6 is 0 Å². The monoisotopic (exact) mass is 250 g/mol. The molecule has 0 spiro atoms. The van der Waals surface area contributed by atoms with Gasteiger partial charge in [0.05, 0.1) is 5.92 Å². The van der Waals surface area contributed by atoms with Crippen LogP contribution < -0.4 is 0 Å². The first kappa shape index (κ1) is 12.2. The standard InChI is InChI=1S/C15H22O3/c1-8(15(17)18)2-13(16)14-11-4-9-3-10(6-11)7-12(14)5-9/h8-12,14H,2-7H2,1H3,(H,17,18). The second-order valence-corrected chi connectivity index (χ2v) is 6.87. The second kappa shape index (κ2) is 4.36. The third kappa shape index (κ3) is 1.98. The maximum Gasteiger partial charge on any atom is 0.306 e. The van der Waals surface area contributed by atoms with Crippen molar-refractivity contribution in [1.82, 2.24) is 0 Å². The molecule has 0 radical (unpaired) electrons. The fourth-order valence-corrected chi connectivity index (χ4v) is 4.98. The van der Waals surface area contributed by atoms with Gasteiger partial charge in [-0.3, -0.25) is 9.59 Å². The van der Waals surface area contributed by atoms with Crippen LogP contribution in [-0.2, 0) is 9.59 Å². The van der Waals surface area contributed by atoms with Gasteiger partial charge in [-0.2, -0.15) is 0 Å². The van der Waals surface area contributed by atoms with Crippen LogP contribution in [0.15, 0.2) is 0 Å². The molecule has 1 N–H and O–H groups in total. The molecule has 0 saturated heterocycles. The number of aliphatic carboxylic acids is 1. The number of rotatable bonds is 4. The summed E-state index contributed by atoms with van der Waals surface area (Å²) in [5.41, 5.74) is 0. The van der Waals surface area contributed by atoms with Gasteiger partial charge < -0.3 is 5.11 Å². The van der Waals surface area contributed by atoms with E-state index < -0.39 is 11.9 Å². The fraction of sp³-hybridized carbons (Fsp3) is 0.867. The lowest BCUT2D eigenvalue weighted by molar-refractivity contribution is -0.146. The van der Waals surface area contributed by atoms with Gasteiger partial charge in [0.15, 0.2) is 0 Å². The molecular weight excluding hydrogens is 228 g/mol. The van der Waals surface area contributed by atoms with E-state index >= 15 is 0 Å². The highest BCUT2D eigenvalue weighted by Crippen LogP contribution is 2.56. The first-order chi connectivity index (χ1) is 8.54. The number of carbonyl (C=O) groups excluding carboxylic acids is 1. The summed E-state index contributed by atoms with van der Waals surface area (Å²) >= 11 is 0. The SMILES string of the molecule is CC(CC(=O)C1C2CC3CC(C2)CC1C3)C(=O)O. The van der Waals surface area contributed by atoms with Crippen LogP contribution in [0.2, 0.25) is 0 Å². The molecule has 3 nitrogen and oxygen atoms in total. The van der Waals surface area contributed by atoms with Gasteiger partial charge in [0.1, 0.15) is 5.78 Å². The Labute approximate surface area is 108 Å². The van der Waals surface area contributed by atoms with Crippen molar-refractivity contribution in [3.8, 4) is 0 Å². The minimum atomic E-state index is -0.841. The highest BCUT2D eigenvalue weighted by atomic mass is 16.4. The minimum Gasteiger partial charge on any atom is -0.481 e. The highest BCUT2D eigenvalue weighted by Gasteiger charge is 2.50. The third-order valence-electron chi connectivity index (χ3n) is 5.53. The molecule has 0 amide bonds. The Kier molecular flexibility index (Phi) is 2.95. The summed E-state index contributed by atoms with van der Waals surface area (Å²) in [6.45, 7) is 1.65. The van der Waals surface area contributed by atoms with E-state index in [1.54, 1.807) is 6.92 Å². The maximum atomic E-state index is 12.4. The summed E-state index contributed by atoms with van der Waals surface area (Å²) in [5.74, 6) is 1.96. The quantitative estimate of drug-likeness (QED) is 0.834. The molecule has 3 heteroatoms. The van der Waals surface area contributed by atoms with E-state index in [1.165, 1.54) is 32.1 Å². The number of carboxylic acid groups (broad SMARTS) is 1. The molecule has 4 rings (SSSR count). The minimum absolute atomic E-state index is 0.194. The summed E-state index contributed by atoms with van der Waals surface area (Å²) < 4.78 is 0. The fourth-order valence-electron chi connectivity index (χ4n) is 4.98. The van der Waals surface area contributed by atoms with Crippen molar-refractivity contribution >= 4 is 11.8 Å². The topological polar surface area (TPSA) is 54.4 Å². The van der Waals surface area contributed by atoms with E-state index in [-0.39, 0.29) is 18.1 Å². The summed E-state index contributed by atoms with van der Waals surface area (Å²) in [4.78, 5) is 23.3. The zero-order valence-electron chi connectivity index (χ0n) is 11.0. The van der Waals surface area contributed by atoms with Gasteiger partial charge in [0.2, 0.25) is 0 Å². The smallest absolute Gasteiger partial charge is 0.306 e. The second-order valence-electron chi connectivity index (χ2n) is 6.87. The lowest BCUT2D eigenvalue weighted by Crippen LogP contribution is -2.48. The summed E-state index contributed by atoms with van der Waals surface area (Å²) in [6.07, 6.45) is 6.53. The van der Waals surface area contributed by atoms with Gasteiger partial charge in [-0.05, 0) is 55.8 Å². The lowest BCUT2D eigenvalue weighted by Gasteiger charge is -2.54. The predicted octanol–water partition coefficient (Wildman–Crippen LogP) is 2.74. The molecule has 1 atom stereocenters. The molecule has 4 bridgehead atoms. The molecular formula is C15H22O3. The Bertz CT molecular complexity index is 346. The number of hydrogen-bond donors (Lipinski definition) is 1. The number of carbonyl (C=O) groups is 2. The number of Topliss-reactive ketones (excluding diaryl/α,β-unsaturated/α-hetero) is 1. The Morgan fingerprint density at radius 3 is 2.00 bits per heavy atom. The molecule has 1 unspecified atom stereocenters. The van der Waals surface area contributed by atoms with Crippen molar-refractivity contribution in [2.45, 2.75) is 45.4 Å². The van der Waals surface area contributed by atoms with E-state index in [0.717, 1.165) is 11.8 Å². The third-order valence-corrected chi connectivity index (χ3v) is 5.53. The van der Waals surface area contributed by atoms with Crippen molar-refractivity contribution < 1.29 is 14.7 Å². The Morgan fingerprint density at radius 2 is 1.56 bits per heavy atom. The van der Waals surface area contributed by atoms with E-state index in [4.69, 9.17) is 5.11 Å². The molecule has 4 fully saturated rings. The number of carboxylic acids is 1. The normalized spacial score (nSPS) is 42.8. The first-order valence-corrected chi connectivity index (χ1v) is 7.30. The Hall–Kier alpha value is -0.860. The summed E-state index contributed by atoms with van der Waals surface area (Å²) in [5, 5.41) is 8.93. The van der Waals surface area contributed by atoms with Crippen molar-refractivity contribution in [2.24, 2.45) is 35.5 Å². The van der Waals surface area contributed by atoms with Gasteiger partial charge in [-0.25, -0.2) is 0 Å². The summed E-state index contributed by atoms with van der Waals surface area (Å²) in [7, 11) is 0. The van der Waals surface area contributed by atoms with Gasteiger partial charge >= 0.3 is 5.97 Å². The van der Waals surface area contributed by atoms with Crippen molar-refractivity contribution in [1.29, 1.82) is 0 Å². The van der Waals surface area contributed by atoms with E-state index in [0.29, 0.717) is 11.8 Å².